The lowest BCUT2D eigenvalue weighted by molar-refractivity contribution is -0.137. The first-order valence-electron chi connectivity index (χ1n) is 2.16. The lowest BCUT2D eigenvalue weighted by Gasteiger charge is -1.89. The highest BCUT2D eigenvalue weighted by molar-refractivity contribution is 7.38. The fraction of sp³-hybridized carbons (Fsp3) is 0.667. The van der Waals surface area contributed by atoms with Gasteiger partial charge in [-0.05, 0) is 4.57 Å². The van der Waals surface area contributed by atoms with E-state index in [1.165, 1.54) is 0 Å². The number of nitrogens with two attached hydrogens (primary N) is 1. The second-order valence-electron chi connectivity index (χ2n) is 1.47. The Morgan fingerprint density at radius 3 is 2.20 bits per heavy atom. The monoisotopic (exact) mass is 188 g/mol. The summed E-state index contributed by atoms with van der Waals surface area (Å²) in [4.78, 5) is 18.0. The second-order valence-corrected chi connectivity index (χ2v) is 2.74. The van der Waals surface area contributed by atoms with E-state index in [1.54, 1.807) is 0 Å². The molecule has 0 saturated heterocycles. The molecule has 0 aliphatic carbocycles. The van der Waals surface area contributed by atoms with Crippen LogP contribution in [0.15, 0.2) is 0 Å². The summed E-state index contributed by atoms with van der Waals surface area (Å²) >= 11 is 0. The smallest absolute Gasteiger partial charge is 0.481 e. The molecule has 0 aromatic rings. The molecule has 0 spiro atoms. The zero-order chi connectivity index (χ0) is 7.44. The van der Waals surface area contributed by atoms with E-state index < -0.39 is 26.2 Å². The van der Waals surface area contributed by atoms with Crippen LogP contribution in [0.1, 0.15) is 6.42 Å². The van der Waals surface area contributed by atoms with E-state index in [0.29, 0.717) is 0 Å². The molecular weight excluding hydrogens is 180 g/mol. The summed E-state index contributed by atoms with van der Waals surface area (Å²) in [5.41, 5.74) is 4.90. The zero-order valence-corrected chi connectivity index (χ0v) is 6.64. The maximum absolute atomic E-state index is 9.99. The highest BCUT2D eigenvalue weighted by Gasteiger charge is 2.26. The largest absolute Gasteiger partial charge is 0.525 e. The summed E-state index contributed by atoms with van der Waals surface area (Å²) in [6.45, 7) is 0. The van der Waals surface area contributed by atoms with E-state index in [9.17, 15) is 9.36 Å². The fourth-order valence-corrected chi connectivity index (χ4v) is 0.569. The van der Waals surface area contributed by atoms with Crippen molar-refractivity contribution < 1.29 is 19.4 Å². The molecule has 4 N–H and O–H groups in total. The minimum Gasteiger partial charge on any atom is -0.481 e. The third-order valence-corrected chi connectivity index (χ3v) is 1.42. The van der Waals surface area contributed by atoms with Crippen molar-refractivity contribution in [3.8, 4) is 0 Å². The lowest BCUT2D eigenvalue weighted by Crippen LogP contribution is -2.19. The van der Waals surface area contributed by atoms with E-state index in [-0.39, 0.29) is 12.4 Å². The van der Waals surface area contributed by atoms with Gasteiger partial charge in [-0.2, -0.15) is 4.89 Å². The average molecular weight is 189 g/mol. The quantitative estimate of drug-likeness (QED) is 0.537. The van der Waals surface area contributed by atoms with E-state index in [2.05, 4.69) is 0 Å². The average Bonchev–Trinajstić information content (AvgIpc) is 1.63. The highest BCUT2D eigenvalue weighted by atomic mass is 35.5. The maximum Gasteiger partial charge on any atom is 0.525 e. The van der Waals surface area contributed by atoms with Crippen molar-refractivity contribution in [2.45, 2.75) is 12.2 Å². The highest BCUT2D eigenvalue weighted by Crippen LogP contribution is 2.19. The standard InChI is InChI=1S/C3H6NO4P.ClH/c4-2(9(7)8)1-3(5)6;/h2H,1,4H2,(H-,5,6,7,8);1H/p+1. The molecule has 0 radical (unpaired) electrons. The van der Waals surface area contributed by atoms with Crippen LogP contribution in [0.2, 0.25) is 0 Å². The van der Waals surface area contributed by atoms with Crippen LogP contribution in [-0.4, -0.2) is 21.8 Å². The number of halogens is 1. The predicted molar refractivity (Wildman–Crippen MR) is 37.3 cm³/mol. The third kappa shape index (κ3) is 5.91. The molecule has 0 aliphatic heterocycles. The predicted octanol–water partition coefficient (Wildman–Crippen LogP) is -0.0976. The van der Waals surface area contributed by atoms with Crippen LogP contribution in [0.3, 0.4) is 0 Å². The SMILES string of the molecule is Cl.NC(CC(=O)O)[P+](=O)O. The third-order valence-electron chi connectivity index (χ3n) is 0.667. The van der Waals surface area contributed by atoms with E-state index in [1.807, 2.05) is 0 Å². The van der Waals surface area contributed by atoms with Crippen LogP contribution in [-0.2, 0) is 9.36 Å². The number of carbonyl (C=O) groups is 1. The first kappa shape index (κ1) is 12.5. The van der Waals surface area contributed by atoms with Crippen LogP contribution >= 0.6 is 20.4 Å². The first-order chi connectivity index (χ1) is 4.04. The molecule has 2 atom stereocenters. The molecule has 0 saturated carbocycles. The van der Waals surface area contributed by atoms with Crippen LogP contribution < -0.4 is 5.73 Å². The molecule has 5 nitrogen and oxygen atoms in total. The van der Waals surface area contributed by atoms with Crippen molar-refractivity contribution in [3.63, 3.8) is 0 Å². The van der Waals surface area contributed by atoms with Gasteiger partial charge in [-0.3, -0.25) is 10.5 Å². The first-order valence-corrected chi connectivity index (χ1v) is 3.45. The number of carboxylic acids is 1. The summed E-state index contributed by atoms with van der Waals surface area (Å²) in [5, 5.41) is 8.01. The van der Waals surface area contributed by atoms with Crippen molar-refractivity contribution in [2.24, 2.45) is 5.73 Å². The van der Waals surface area contributed by atoms with Gasteiger partial charge in [-0.25, -0.2) is 0 Å². The van der Waals surface area contributed by atoms with Gasteiger partial charge in [-0.1, -0.05) is 0 Å². The van der Waals surface area contributed by atoms with Gasteiger partial charge in [0.05, 0.1) is 0 Å². The molecule has 0 fully saturated rings. The molecule has 0 aromatic carbocycles. The molecule has 0 heterocycles. The van der Waals surface area contributed by atoms with Gasteiger partial charge in [0.2, 0.25) is 5.78 Å². The Bertz CT molecular complexity index is 140. The van der Waals surface area contributed by atoms with Gasteiger partial charge in [-0.15, -0.1) is 12.4 Å². The maximum atomic E-state index is 9.99. The number of hydrogen-bond donors (Lipinski definition) is 3. The zero-order valence-electron chi connectivity index (χ0n) is 4.93. The Hall–Kier alpha value is -0.220. The van der Waals surface area contributed by atoms with Crippen LogP contribution in [0.5, 0.6) is 0 Å². The number of hydrogen-bond acceptors (Lipinski definition) is 3. The van der Waals surface area contributed by atoms with Gasteiger partial charge in [0, 0.05) is 0 Å². The minimum atomic E-state index is -2.55. The Morgan fingerprint density at radius 2 is 2.10 bits per heavy atom. The summed E-state index contributed by atoms with van der Waals surface area (Å²) in [5.74, 6) is -2.31. The van der Waals surface area contributed by atoms with Crippen molar-refractivity contribution in [1.82, 2.24) is 0 Å². The normalized spacial score (nSPS) is 13.2. The topological polar surface area (TPSA) is 101 Å². The van der Waals surface area contributed by atoms with Gasteiger partial charge in [0.15, 0.2) is 0 Å². The number of carboxylic acid groups (broad SMARTS) is 1. The van der Waals surface area contributed by atoms with Gasteiger partial charge in [0.25, 0.3) is 0 Å². The summed E-state index contributed by atoms with van der Waals surface area (Å²) in [6, 6.07) is 0. The van der Waals surface area contributed by atoms with Crippen LogP contribution in [0.4, 0.5) is 0 Å². The van der Waals surface area contributed by atoms with Crippen molar-refractivity contribution >= 4 is 26.4 Å². The summed E-state index contributed by atoms with van der Waals surface area (Å²) in [6.07, 6.45) is -0.467. The molecule has 60 valence electrons. The van der Waals surface area contributed by atoms with Crippen molar-refractivity contribution in [3.05, 3.63) is 0 Å². The molecule has 0 aliphatic rings. The number of rotatable bonds is 3. The molecule has 7 heteroatoms. The molecule has 10 heavy (non-hydrogen) atoms. The molecule has 0 amide bonds. The molecular formula is C3H8ClNO4P+. The molecule has 0 rings (SSSR count). The summed E-state index contributed by atoms with van der Waals surface area (Å²) < 4.78 is 9.99. The van der Waals surface area contributed by atoms with E-state index >= 15 is 0 Å². The Kier molecular flexibility index (Phi) is 6.92. The van der Waals surface area contributed by atoms with Crippen molar-refractivity contribution in [2.75, 3.05) is 0 Å². The lowest BCUT2D eigenvalue weighted by atomic mass is 10.4. The van der Waals surface area contributed by atoms with E-state index in [0.717, 1.165) is 0 Å². The van der Waals surface area contributed by atoms with Crippen LogP contribution in [0.25, 0.3) is 0 Å². The van der Waals surface area contributed by atoms with Gasteiger partial charge < -0.3 is 5.11 Å². The minimum absolute atomic E-state index is 0. The molecule has 2 unspecified atom stereocenters. The van der Waals surface area contributed by atoms with Crippen molar-refractivity contribution in [1.29, 1.82) is 0 Å². The Morgan fingerprint density at radius 1 is 1.70 bits per heavy atom. The van der Waals surface area contributed by atoms with Crippen LogP contribution in [0, 0.1) is 0 Å². The molecule has 0 bridgehead atoms. The number of aliphatic carboxylic acids is 1. The molecule has 0 aromatic heterocycles. The summed E-state index contributed by atoms with van der Waals surface area (Å²) in [7, 11) is -2.55. The Labute approximate surface area is 64.5 Å². The van der Waals surface area contributed by atoms with Gasteiger partial charge in [0.1, 0.15) is 6.42 Å². The van der Waals surface area contributed by atoms with E-state index in [4.69, 9.17) is 15.7 Å². The van der Waals surface area contributed by atoms with Gasteiger partial charge >= 0.3 is 14.0 Å². The Balaban J connectivity index is 0. The second kappa shape index (κ2) is 5.56. The fourth-order valence-electron chi connectivity index (χ4n) is 0.257.